The monoisotopic (exact) mass is 228 g/mol. The molecule has 0 amide bonds. The van der Waals surface area contributed by atoms with Gasteiger partial charge < -0.3 is 4.74 Å². The fourth-order valence-electron chi connectivity index (χ4n) is 1.35. The molecule has 0 N–H and O–H groups in total. The Bertz CT molecular complexity index is 276. The molecule has 1 atom stereocenters. The average molecular weight is 229 g/mol. The van der Waals surface area contributed by atoms with Gasteiger partial charge in [-0.1, -0.05) is 31.9 Å². The molecule has 0 fully saturated rings. The zero-order chi connectivity index (χ0) is 11.1. The number of aromatic nitrogens is 2. The lowest BCUT2D eigenvalue weighted by Crippen LogP contribution is -2.06. The lowest BCUT2D eigenvalue weighted by molar-refractivity contribution is 0.0870. The van der Waals surface area contributed by atoms with E-state index in [2.05, 4.69) is 23.8 Å². The molecular weight excluding hydrogens is 212 g/mol. The standard InChI is InChI=1S/C11H17ClN2O/c1-3-4-9(2)7-15-8-10-5-14-11(12)6-13-10/h5-6,9H,3-4,7-8H2,1-2H3. The normalized spacial score (nSPS) is 12.7. The number of halogens is 1. The van der Waals surface area contributed by atoms with Crippen LogP contribution in [0.2, 0.25) is 5.15 Å². The molecule has 0 saturated heterocycles. The predicted octanol–water partition coefficient (Wildman–Crippen LogP) is 3.08. The largest absolute Gasteiger partial charge is 0.375 e. The fourth-order valence-corrected chi connectivity index (χ4v) is 1.45. The summed E-state index contributed by atoms with van der Waals surface area (Å²) < 4.78 is 5.53. The summed E-state index contributed by atoms with van der Waals surface area (Å²) in [6.07, 6.45) is 5.58. The SMILES string of the molecule is CCCC(C)COCc1cnc(Cl)cn1. The molecule has 15 heavy (non-hydrogen) atoms. The molecule has 1 rings (SSSR count). The van der Waals surface area contributed by atoms with Crippen LogP contribution in [0, 0.1) is 5.92 Å². The molecule has 1 unspecified atom stereocenters. The van der Waals surface area contributed by atoms with Crippen molar-refractivity contribution >= 4 is 11.6 Å². The lowest BCUT2D eigenvalue weighted by atomic mass is 10.1. The van der Waals surface area contributed by atoms with Gasteiger partial charge in [-0.05, 0) is 12.3 Å². The van der Waals surface area contributed by atoms with Crippen LogP contribution in [-0.2, 0) is 11.3 Å². The first kappa shape index (κ1) is 12.4. The van der Waals surface area contributed by atoms with Gasteiger partial charge >= 0.3 is 0 Å². The molecule has 0 saturated carbocycles. The highest BCUT2D eigenvalue weighted by Crippen LogP contribution is 2.07. The van der Waals surface area contributed by atoms with E-state index in [0.29, 0.717) is 17.7 Å². The maximum absolute atomic E-state index is 5.62. The summed E-state index contributed by atoms with van der Waals surface area (Å²) in [5.41, 5.74) is 0.822. The molecule has 0 aliphatic heterocycles. The van der Waals surface area contributed by atoms with E-state index in [-0.39, 0.29) is 0 Å². The van der Waals surface area contributed by atoms with Crippen molar-refractivity contribution in [3.8, 4) is 0 Å². The third-order valence-electron chi connectivity index (χ3n) is 2.11. The minimum atomic E-state index is 0.415. The zero-order valence-corrected chi connectivity index (χ0v) is 10.00. The Kier molecular flexibility index (Phi) is 5.58. The van der Waals surface area contributed by atoms with Crippen LogP contribution in [0.1, 0.15) is 32.4 Å². The molecular formula is C11H17ClN2O. The van der Waals surface area contributed by atoms with Crippen LogP contribution in [0.5, 0.6) is 0 Å². The number of ether oxygens (including phenoxy) is 1. The molecule has 1 heterocycles. The molecule has 84 valence electrons. The third kappa shape index (κ3) is 5.09. The van der Waals surface area contributed by atoms with Gasteiger partial charge in [-0.25, -0.2) is 4.98 Å². The Hall–Kier alpha value is -0.670. The summed E-state index contributed by atoms with van der Waals surface area (Å²) in [6, 6.07) is 0. The molecule has 1 aromatic rings. The van der Waals surface area contributed by atoms with Gasteiger partial charge in [0.15, 0.2) is 0 Å². The van der Waals surface area contributed by atoms with Gasteiger partial charge in [-0.15, -0.1) is 0 Å². The summed E-state index contributed by atoms with van der Waals surface area (Å²) >= 11 is 5.62. The summed E-state index contributed by atoms with van der Waals surface area (Å²) in [5, 5.41) is 0.415. The molecule has 4 heteroatoms. The zero-order valence-electron chi connectivity index (χ0n) is 9.24. The molecule has 1 aromatic heterocycles. The van der Waals surface area contributed by atoms with E-state index >= 15 is 0 Å². The first-order valence-electron chi connectivity index (χ1n) is 5.26. The first-order valence-corrected chi connectivity index (χ1v) is 5.64. The highest BCUT2D eigenvalue weighted by atomic mass is 35.5. The molecule has 0 aliphatic carbocycles. The van der Waals surface area contributed by atoms with Crippen molar-refractivity contribution in [1.29, 1.82) is 0 Å². The van der Waals surface area contributed by atoms with E-state index in [0.717, 1.165) is 12.3 Å². The molecule has 0 aliphatic rings. The van der Waals surface area contributed by atoms with Crippen molar-refractivity contribution in [2.24, 2.45) is 5.92 Å². The molecule has 0 radical (unpaired) electrons. The van der Waals surface area contributed by atoms with Crippen molar-refractivity contribution in [3.05, 3.63) is 23.2 Å². The second-order valence-electron chi connectivity index (χ2n) is 3.74. The highest BCUT2D eigenvalue weighted by Gasteiger charge is 2.01. The van der Waals surface area contributed by atoms with E-state index in [4.69, 9.17) is 16.3 Å². The van der Waals surface area contributed by atoms with Crippen molar-refractivity contribution in [2.75, 3.05) is 6.61 Å². The van der Waals surface area contributed by atoms with Crippen molar-refractivity contribution in [2.45, 2.75) is 33.3 Å². The predicted molar refractivity (Wildman–Crippen MR) is 60.8 cm³/mol. The summed E-state index contributed by atoms with van der Waals surface area (Å²) in [5.74, 6) is 0.607. The van der Waals surface area contributed by atoms with E-state index < -0.39 is 0 Å². The number of nitrogens with zero attached hydrogens (tertiary/aromatic N) is 2. The minimum Gasteiger partial charge on any atom is -0.375 e. The average Bonchev–Trinajstić information content (AvgIpc) is 2.21. The van der Waals surface area contributed by atoms with Gasteiger partial charge in [0.1, 0.15) is 5.15 Å². The number of hydrogen-bond acceptors (Lipinski definition) is 3. The second-order valence-corrected chi connectivity index (χ2v) is 4.13. The summed E-state index contributed by atoms with van der Waals surface area (Å²) in [4.78, 5) is 8.04. The minimum absolute atomic E-state index is 0.415. The fraction of sp³-hybridized carbons (Fsp3) is 0.636. The van der Waals surface area contributed by atoms with Gasteiger partial charge in [0, 0.05) is 6.61 Å². The van der Waals surface area contributed by atoms with E-state index in [1.54, 1.807) is 6.20 Å². The Morgan fingerprint density at radius 1 is 1.40 bits per heavy atom. The van der Waals surface area contributed by atoms with Crippen molar-refractivity contribution in [1.82, 2.24) is 9.97 Å². The van der Waals surface area contributed by atoms with Gasteiger partial charge in [0.05, 0.1) is 24.7 Å². The van der Waals surface area contributed by atoms with Gasteiger partial charge in [0.2, 0.25) is 0 Å². The Labute approximate surface area is 95.8 Å². The Morgan fingerprint density at radius 3 is 2.80 bits per heavy atom. The molecule has 0 bridgehead atoms. The topological polar surface area (TPSA) is 35.0 Å². The van der Waals surface area contributed by atoms with E-state index in [1.807, 2.05) is 0 Å². The van der Waals surface area contributed by atoms with Gasteiger partial charge in [0.25, 0.3) is 0 Å². The molecule has 0 spiro atoms. The van der Waals surface area contributed by atoms with Crippen LogP contribution in [-0.4, -0.2) is 16.6 Å². The first-order chi connectivity index (χ1) is 7.22. The van der Waals surface area contributed by atoms with Gasteiger partial charge in [-0.3, -0.25) is 4.98 Å². The maximum atomic E-state index is 5.62. The smallest absolute Gasteiger partial charge is 0.147 e. The van der Waals surface area contributed by atoms with Crippen molar-refractivity contribution in [3.63, 3.8) is 0 Å². The van der Waals surface area contributed by atoms with E-state index in [9.17, 15) is 0 Å². The third-order valence-corrected chi connectivity index (χ3v) is 2.30. The van der Waals surface area contributed by atoms with Crippen LogP contribution < -0.4 is 0 Å². The maximum Gasteiger partial charge on any atom is 0.147 e. The van der Waals surface area contributed by atoms with Crippen LogP contribution in [0.15, 0.2) is 12.4 Å². The molecule has 0 aromatic carbocycles. The van der Waals surface area contributed by atoms with Gasteiger partial charge in [-0.2, -0.15) is 0 Å². The van der Waals surface area contributed by atoms with Crippen LogP contribution >= 0.6 is 11.6 Å². The number of rotatable bonds is 6. The van der Waals surface area contributed by atoms with Crippen LogP contribution in [0.4, 0.5) is 0 Å². The number of hydrogen-bond donors (Lipinski definition) is 0. The quantitative estimate of drug-likeness (QED) is 0.751. The lowest BCUT2D eigenvalue weighted by Gasteiger charge is -2.09. The van der Waals surface area contributed by atoms with Crippen LogP contribution in [0.3, 0.4) is 0 Å². The molecule has 3 nitrogen and oxygen atoms in total. The second kappa shape index (κ2) is 6.75. The van der Waals surface area contributed by atoms with Crippen LogP contribution in [0.25, 0.3) is 0 Å². The Morgan fingerprint density at radius 2 is 2.20 bits per heavy atom. The van der Waals surface area contributed by atoms with E-state index in [1.165, 1.54) is 19.0 Å². The highest BCUT2D eigenvalue weighted by molar-refractivity contribution is 6.29. The summed E-state index contributed by atoms with van der Waals surface area (Å²) in [6.45, 7) is 5.66. The summed E-state index contributed by atoms with van der Waals surface area (Å²) in [7, 11) is 0. The van der Waals surface area contributed by atoms with Crippen molar-refractivity contribution < 1.29 is 4.74 Å². The Balaban J connectivity index is 2.22.